The second kappa shape index (κ2) is 11.3. The zero-order valence-corrected chi connectivity index (χ0v) is 22.0. The number of rotatable bonds is 10. The van der Waals surface area contributed by atoms with Gasteiger partial charge >= 0.3 is 0 Å². The summed E-state index contributed by atoms with van der Waals surface area (Å²) in [5.41, 5.74) is 8.40. The number of benzene rings is 2. The van der Waals surface area contributed by atoms with Crippen molar-refractivity contribution in [3.8, 4) is 0 Å². The second-order valence-corrected chi connectivity index (χ2v) is 10.2. The molecule has 6 rings (SSSR count). The fraction of sp³-hybridized carbons (Fsp3) is 0.323. The van der Waals surface area contributed by atoms with Crippen LogP contribution in [0.25, 0.3) is 11.0 Å². The minimum atomic E-state index is 0.275. The maximum atomic E-state index is 4.89. The molecule has 0 saturated heterocycles. The largest absolute Gasteiger partial charge is 0.345 e. The lowest BCUT2D eigenvalue weighted by molar-refractivity contribution is 0.153. The molecule has 7 heteroatoms. The van der Waals surface area contributed by atoms with Gasteiger partial charge in [0.05, 0.1) is 29.3 Å². The molecule has 2 aromatic carbocycles. The van der Waals surface area contributed by atoms with Gasteiger partial charge in [-0.15, -0.1) is 0 Å². The van der Waals surface area contributed by atoms with E-state index in [4.69, 9.17) is 9.97 Å². The summed E-state index contributed by atoms with van der Waals surface area (Å²) in [6.45, 7) is 5.32. The van der Waals surface area contributed by atoms with Crippen molar-refractivity contribution in [3.05, 3.63) is 113 Å². The van der Waals surface area contributed by atoms with Crippen molar-refractivity contribution in [2.75, 3.05) is 0 Å². The predicted molar refractivity (Wildman–Crippen MR) is 150 cm³/mol. The van der Waals surface area contributed by atoms with Gasteiger partial charge in [0, 0.05) is 44.1 Å². The Labute approximate surface area is 223 Å². The third-order valence-electron chi connectivity index (χ3n) is 7.47. The highest BCUT2D eigenvalue weighted by Gasteiger charge is 2.28. The highest BCUT2D eigenvalue weighted by atomic mass is 15.2. The number of hydrogen-bond donors (Lipinski definition) is 3. The standard InChI is InChI=1S/C31H35N7/c1-2-29-34-19-25(35-29)18-32-17-22-12-14-23(15-13-22)20-38(21-30-36-26-9-3-4-10-27(26)37-30)28-11-5-7-24-8-6-16-33-31(24)28/h3-4,6,8-10,12-16,19,28,32H,2,5,7,11,17-18,20-21H2,1H3,(H,34,35)(H,36,37). The summed E-state index contributed by atoms with van der Waals surface area (Å²) in [5.74, 6) is 2.04. The summed E-state index contributed by atoms with van der Waals surface area (Å²) in [5, 5.41) is 3.52. The van der Waals surface area contributed by atoms with Gasteiger partial charge in [-0.2, -0.15) is 0 Å². The van der Waals surface area contributed by atoms with Crippen LogP contribution in [0, 0.1) is 0 Å². The molecule has 0 bridgehead atoms. The van der Waals surface area contributed by atoms with E-state index in [1.165, 1.54) is 28.8 Å². The number of aromatic amines is 2. The fourth-order valence-electron chi connectivity index (χ4n) is 5.50. The van der Waals surface area contributed by atoms with Crippen LogP contribution in [0.2, 0.25) is 0 Å². The molecule has 5 aromatic rings. The van der Waals surface area contributed by atoms with Gasteiger partial charge in [0.15, 0.2) is 0 Å². The highest BCUT2D eigenvalue weighted by molar-refractivity contribution is 5.74. The lowest BCUT2D eigenvalue weighted by Crippen LogP contribution is -2.31. The van der Waals surface area contributed by atoms with Crippen molar-refractivity contribution in [1.82, 2.24) is 35.1 Å². The van der Waals surface area contributed by atoms with Crippen LogP contribution in [0.3, 0.4) is 0 Å². The molecule has 3 N–H and O–H groups in total. The minimum absolute atomic E-state index is 0.275. The zero-order valence-electron chi connectivity index (χ0n) is 22.0. The van der Waals surface area contributed by atoms with Gasteiger partial charge in [0.1, 0.15) is 11.6 Å². The minimum Gasteiger partial charge on any atom is -0.345 e. The van der Waals surface area contributed by atoms with Gasteiger partial charge in [-0.3, -0.25) is 9.88 Å². The highest BCUT2D eigenvalue weighted by Crippen LogP contribution is 2.34. The number of aryl methyl sites for hydroxylation is 2. The molecule has 1 aliphatic rings. The Kier molecular flexibility index (Phi) is 7.29. The van der Waals surface area contributed by atoms with Crippen molar-refractivity contribution < 1.29 is 0 Å². The lowest BCUT2D eigenvalue weighted by Gasteiger charge is -2.34. The van der Waals surface area contributed by atoms with Gasteiger partial charge < -0.3 is 15.3 Å². The number of para-hydroxylation sites is 2. The molecule has 1 atom stereocenters. The molecule has 0 fully saturated rings. The maximum Gasteiger partial charge on any atom is 0.121 e. The summed E-state index contributed by atoms with van der Waals surface area (Å²) in [6, 6.07) is 21.8. The Morgan fingerprint density at radius 1 is 0.895 bits per heavy atom. The molecule has 0 spiro atoms. The molecular formula is C31H35N7. The number of nitrogens with zero attached hydrogens (tertiary/aromatic N) is 4. The first-order valence-corrected chi connectivity index (χ1v) is 13.7. The number of pyridine rings is 1. The first-order chi connectivity index (χ1) is 18.7. The summed E-state index contributed by atoms with van der Waals surface area (Å²) >= 11 is 0. The SMILES string of the molecule is CCc1ncc(CNCc2ccc(CN(Cc3nc4ccccc4[nH]3)C3CCCc4cccnc43)cc2)[nH]1. The molecule has 1 unspecified atom stereocenters. The van der Waals surface area contributed by atoms with Crippen LogP contribution in [0.1, 0.15) is 65.5 Å². The van der Waals surface area contributed by atoms with E-state index >= 15 is 0 Å². The number of H-pyrrole nitrogens is 2. The van der Waals surface area contributed by atoms with Crippen LogP contribution >= 0.6 is 0 Å². The van der Waals surface area contributed by atoms with Gasteiger partial charge in [-0.05, 0) is 54.2 Å². The van der Waals surface area contributed by atoms with Crippen molar-refractivity contribution in [1.29, 1.82) is 0 Å². The number of aromatic nitrogens is 5. The normalized spacial score (nSPS) is 15.3. The van der Waals surface area contributed by atoms with Crippen LogP contribution in [0.4, 0.5) is 0 Å². The first kappa shape index (κ1) is 24.5. The summed E-state index contributed by atoms with van der Waals surface area (Å²) < 4.78 is 0. The van der Waals surface area contributed by atoms with E-state index in [0.717, 1.165) is 73.8 Å². The third kappa shape index (κ3) is 5.54. The van der Waals surface area contributed by atoms with E-state index in [0.29, 0.717) is 0 Å². The van der Waals surface area contributed by atoms with Crippen molar-refractivity contribution in [2.24, 2.45) is 0 Å². The Bertz CT molecular complexity index is 1450. The van der Waals surface area contributed by atoms with Gasteiger partial charge in [-0.25, -0.2) is 9.97 Å². The van der Waals surface area contributed by atoms with Crippen LogP contribution in [0.5, 0.6) is 0 Å². The maximum absolute atomic E-state index is 4.89. The van der Waals surface area contributed by atoms with Crippen LogP contribution in [0.15, 0.2) is 73.1 Å². The van der Waals surface area contributed by atoms with E-state index in [1.54, 1.807) is 0 Å². The van der Waals surface area contributed by atoms with Crippen LogP contribution in [-0.4, -0.2) is 29.8 Å². The summed E-state index contributed by atoms with van der Waals surface area (Å²) in [7, 11) is 0. The van der Waals surface area contributed by atoms with E-state index in [9.17, 15) is 0 Å². The van der Waals surface area contributed by atoms with E-state index < -0.39 is 0 Å². The third-order valence-corrected chi connectivity index (χ3v) is 7.47. The molecule has 0 aliphatic heterocycles. The smallest absolute Gasteiger partial charge is 0.121 e. The molecule has 0 amide bonds. The van der Waals surface area contributed by atoms with E-state index in [-0.39, 0.29) is 6.04 Å². The average molecular weight is 506 g/mol. The monoisotopic (exact) mass is 505 g/mol. The van der Waals surface area contributed by atoms with Crippen molar-refractivity contribution >= 4 is 11.0 Å². The molecule has 1 aliphatic carbocycles. The molecule has 194 valence electrons. The molecule has 38 heavy (non-hydrogen) atoms. The fourth-order valence-corrected chi connectivity index (χ4v) is 5.50. The molecule has 7 nitrogen and oxygen atoms in total. The zero-order chi connectivity index (χ0) is 25.7. The Hall–Kier alpha value is -3.81. The molecule has 3 aromatic heterocycles. The first-order valence-electron chi connectivity index (χ1n) is 13.7. The second-order valence-electron chi connectivity index (χ2n) is 10.2. The van der Waals surface area contributed by atoms with Gasteiger partial charge in [0.2, 0.25) is 0 Å². The number of nitrogens with one attached hydrogen (secondary N) is 3. The number of imidazole rings is 2. The lowest BCUT2D eigenvalue weighted by atomic mass is 9.90. The summed E-state index contributed by atoms with van der Waals surface area (Å²) in [4.78, 5) is 23.5. The Balaban J connectivity index is 1.17. The van der Waals surface area contributed by atoms with Crippen molar-refractivity contribution in [2.45, 2.75) is 64.8 Å². The number of hydrogen-bond acceptors (Lipinski definition) is 5. The Morgan fingerprint density at radius 3 is 2.61 bits per heavy atom. The quantitative estimate of drug-likeness (QED) is 0.230. The molecule has 3 heterocycles. The van der Waals surface area contributed by atoms with Gasteiger partial charge in [-0.1, -0.05) is 49.4 Å². The Morgan fingerprint density at radius 2 is 1.76 bits per heavy atom. The average Bonchev–Trinajstić information content (AvgIpc) is 3.59. The predicted octanol–water partition coefficient (Wildman–Crippen LogP) is 5.61. The molecule has 0 radical (unpaired) electrons. The van der Waals surface area contributed by atoms with Crippen molar-refractivity contribution in [3.63, 3.8) is 0 Å². The summed E-state index contributed by atoms with van der Waals surface area (Å²) in [6.07, 6.45) is 8.18. The number of fused-ring (bicyclic) bond motifs is 2. The topological polar surface area (TPSA) is 85.5 Å². The molecule has 0 saturated carbocycles. The van der Waals surface area contributed by atoms with Crippen LogP contribution < -0.4 is 5.32 Å². The van der Waals surface area contributed by atoms with Gasteiger partial charge in [0.25, 0.3) is 0 Å². The van der Waals surface area contributed by atoms with Crippen LogP contribution in [-0.2, 0) is 39.0 Å². The molecular weight excluding hydrogens is 470 g/mol. The van der Waals surface area contributed by atoms with E-state index in [2.05, 4.69) is 86.7 Å². The van der Waals surface area contributed by atoms with E-state index in [1.807, 2.05) is 18.5 Å².